The minimum absolute atomic E-state index is 0.107. The zero-order valence-electron chi connectivity index (χ0n) is 12.8. The molecule has 0 spiro atoms. The summed E-state index contributed by atoms with van der Waals surface area (Å²) in [5.41, 5.74) is 0.892. The molecule has 0 saturated carbocycles. The first-order valence-corrected chi connectivity index (χ1v) is 7.32. The van der Waals surface area contributed by atoms with Gasteiger partial charge in [0.15, 0.2) is 0 Å². The van der Waals surface area contributed by atoms with Crippen molar-refractivity contribution in [1.82, 2.24) is 4.98 Å². The summed E-state index contributed by atoms with van der Waals surface area (Å²) in [4.78, 5) is 18.6. The van der Waals surface area contributed by atoms with Gasteiger partial charge in [0.25, 0.3) is 0 Å². The summed E-state index contributed by atoms with van der Waals surface area (Å²) >= 11 is 0. The van der Waals surface area contributed by atoms with E-state index in [9.17, 15) is 4.79 Å². The molecule has 1 aliphatic rings. The lowest BCUT2D eigenvalue weighted by molar-refractivity contribution is -0.156. The number of carbonyl (C=O) groups is 1. The highest BCUT2D eigenvalue weighted by Crippen LogP contribution is 2.40. The standard InChI is InChI=1S/C16H21N3O2/c1-4-21-15(20)16(12(2)3)7-8-19(11-16)14-6-5-13(9-17)18-10-14/h5-6,10,12H,4,7-8,11H2,1-3H3/t16-/m1/s1. The van der Waals surface area contributed by atoms with Crippen molar-refractivity contribution in [3.05, 3.63) is 24.0 Å². The second kappa shape index (κ2) is 6.13. The van der Waals surface area contributed by atoms with E-state index in [1.165, 1.54) is 0 Å². The van der Waals surface area contributed by atoms with Gasteiger partial charge >= 0.3 is 5.97 Å². The van der Waals surface area contributed by atoms with E-state index in [1.807, 2.05) is 19.1 Å². The number of esters is 1. The van der Waals surface area contributed by atoms with E-state index in [-0.39, 0.29) is 11.9 Å². The zero-order chi connectivity index (χ0) is 15.5. The summed E-state index contributed by atoms with van der Waals surface area (Å²) in [5, 5.41) is 8.79. The van der Waals surface area contributed by atoms with Crippen molar-refractivity contribution < 1.29 is 9.53 Å². The number of nitriles is 1. The molecule has 0 aromatic carbocycles. The van der Waals surface area contributed by atoms with Crippen molar-refractivity contribution in [3.8, 4) is 6.07 Å². The summed E-state index contributed by atoms with van der Waals surface area (Å²) in [5.74, 6) is 0.108. The van der Waals surface area contributed by atoms with Crippen LogP contribution < -0.4 is 4.90 Å². The summed E-state index contributed by atoms with van der Waals surface area (Å²) < 4.78 is 5.29. The highest BCUT2D eigenvalue weighted by molar-refractivity contribution is 5.79. The fourth-order valence-corrected chi connectivity index (χ4v) is 2.84. The van der Waals surface area contributed by atoms with Crippen molar-refractivity contribution in [1.29, 1.82) is 5.26 Å². The second-order valence-electron chi connectivity index (χ2n) is 5.72. The van der Waals surface area contributed by atoms with E-state index < -0.39 is 5.41 Å². The number of aromatic nitrogens is 1. The lowest BCUT2D eigenvalue weighted by atomic mass is 9.76. The van der Waals surface area contributed by atoms with E-state index in [0.717, 1.165) is 18.7 Å². The molecule has 21 heavy (non-hydrogen) atoms. The highest BCUT2D eigenvalue weighted by atomic mass is 16.5. The van der Waals surface area contributed by atoms with Crippen LogP contribution in [0.25, 0.3) is 0 Å². The summed E-state index contributed by atoms with van der Waals surface area (Å²) in [6, 6.07) is 5.60. The first-order chi connectivity index (χ1) is 10.0. The first kappa shape index (κ1) is 15.3. The maximum atomic E-state index is 12.4. The van der Waals surface area contributed by atoms with Crippen LogP contribution >= 0.6 is 0 Å². The molecule has 5 nitrogen and oxygen atoms in total. The number of hydrogen-bond acceptors (Lipinski definition) is 5. The van der Waals surface area contributed by atoms with E-state index in [1.54, 1.807) is 12.3 Å². The molecule has 0 N–H and O–H groups in total. The number of nitrogens with zero attached hydrogens (tertiary/aromatic N) is 3. The Hall–Kier alpha value is -2.09. The number of pyridine rings is 1. The Labute approximate surface area is 125 Å². The first-order valence-electron chi connectivity index (χ1n) is 7.32. The minimum atomic E-state index is -0.454. The van der Waals surface area contributed by atoms with Crippen molar-refractivity contribution >= 4 is 11.7 Å². The highest BCUT2D eigenvalue weighted by Gasteiger charge is 2.48. The van der Waals surface area contributed by atoms with Crippen LogP contribution in [0.3, 0.4) is 0 Å². The van der Waals surface area contributed by atoms with E-state index in [0.29, 0.717) is 18.8 Å². The number of carbonyl (C=O) groups excluding carboxylic acids is 1. The molecule has 0 aliphatic carbocycles. The molecule has 5 heteroatoms. The van der Waals surface area contributed by atoms with Gasteiger partial charge in [-0.1, -0.05) is 13.8 Å². The molecule has 0 unspecified atom stereocenters. The van der Waals surface area contributed by atoms with Gasteiger partial charge in [0, 0.05) is 13.1 Å². The molecule has 0 amide bonds. The largest absolute Gasteiger partial charge is 0.466 e. The van der Waals surface area contributed by atoms with Crippen LogP contribution in [0.4, 0.5) is 5.69 Å². The predicted molar refractivity (Wildman–Crippen MR) is 79.7 cm³/mol. The SMILES string of the molecule is CCOC(=O)[C@]1(C(C)C)CCN(c2ccc(C#N)nc2)C1. The smallest absolute Gasteiger partial charge is 0.314 e. The van der Waals surface area contributed by atoms with E-state index >= 15 is 0 Å². The summed E-state index contributed by atoms with van der Waals surface area (Å²) in [6.45, 7) is 7.81. The average molecular weight is 287 g/mol. The van der Waals surface area contributed by atoms with Gasteiger partial charge < -0.3 is 9.64 Å². The Morgan fingerprint density at radius 3 is 2.86 bits per heavy atom. The fraction of sp³-hybridized carbons (Fsp3) is 0.562. The number of ether oxygens (including phenoxy) is 1. The van der Waals surface area contributed by atoms with Gasteiger partial charge in [0.05, 0.1) is 23.9 Å². The minimum Gasteiger partial charge on any atom is -0.466 e. The van der Waals surface area contributed by atoms with Gasteiger partial charge in [-0.25, -0.2) is 4.98 Å². The molecule has 1 aromatic rings. The molecule has 0 bridgehead atoms. The van der Waals surface area contributed by atoms with Crippen LogP contribution in [-0.2, 0) is 9.53 Å². The van der Waals surface area contributed by atoms with E-state index in [2.05, 4.69) is 23.7 Å². The third kappa shape index (κ3) is 2.85. The fourth-order valence-electron chi connectivity index (χ4n) is 2.84. The predicted octanol–water partition coefficient (Wildman–Crippen LogP) is 2.37. The van der Waals surface area contributed by atoms with Crippen LogP contribution in [0.15, 0.2) is 18.3 Å². The third-order valence-electron chi connectivity index (χ3n) is 4.32. The second-order valence-corrected chi connectivity index (χ2v) is 5.72. The monoisotopic (exact) mass is 287 g/mol. The molecule has 1 atom stereocenters. The Bertz CT molecular complexity index is 548. The number of rotatable bonds is 4. The Kier molecular flexibility index (Phi) is 4.46. The van der Waals surface area contributed by atoms with Gasteiger partial charge in [-0.05, 0) is 31.4 Å². The lowest BCUT2D eigenvalue weighted by Crippen LogP contribution is -2.40. The van der Waals surface area contributed by atoms with Gasteiger partial charge in [-0.3, -0.25) is 4.79 Å². The molecule has 1 aromatic heterocycles. The Morgan fingerprint density at radius 2 is 2.33 bits per heavy atom. The third-order valence-corrected chi connectivity index (χ3v) is 4.32. The van der Waals surface area contributed by atoms with Crippen molar-refractivity contribution in [2.45, 2.75) is 27.2 Å². The maximum Gasteiger partial charge on any atom is 0.314 e. The van der Waals surface area contributed by atoms with Gasteiger partial charge in [0.1, 0.15) is 11.8 Å². The zero-order valence-corrected chi connectivity index (χ0v) is 12.8. The van der Waals surface area contributed by atoms with Gasteiger partial charge in [-0.2, -0.15) is 5.26 Å². The van der Waals surface area contributed by atoms with E-state index in [4.69, 9.17) is 10.00 Å². The van der Waals surface area contributed by atoms with Gasteiger partial charge in [0.2, 0.25) is 0 Å². The van der Waals surface area contributed by atoms with Crippen LogP contribution in [0.2, 0.25) is 0 Å². The molecular formula is C16H21N3O2. The van der Waals surface area contributed by atoms with Crippen molar-refractivity contribution in [2.75, 3.05) is 24.6 Å². The Morgan fingerprint density at radius 1 is 1.57 bits per heavy atom. The quantitative estimate of drug-likeness (QED) is 0.795. The van der Waals surface area contributed by atoms with Gasteiger partial charge in [-0.15, -0.1) is 0 Å². The molecular weight excluding hydrogens is 266 g/mol. The number of hydrogen-bond donors (Lipinski definition) is 0. The molecule has 2 rings (SSSR count). The Balaban J connectivity index is 2.19. The van der Waals surface area contributed by atoms with Crippen LogP contribution in [-0.4, -0.2) is 30.6 Å². The normalized spacial score (nSPS) is 21.4. The van der Waals surface area contributed by atoms with Crippen molar-refractivity contribution in [2.24, 2.45) is 11.3 Å². The topological polar surface area (TPSA) is 66.2 Å². The summed E-state index contributed by atoms with van der Waals surface area (Å²) in [7, 11) is 0. The molecule has 1 saturated heterocycles. The van der Waals surface area contributed by atoms with Crippen LogP contribution in [0.5, 0.6) is 0 Å². The summed E-state index contributed by atoms with van der Waals surface area (Å²) in [6.07, 6.45) is 2.48. The van der Waals surface area contributed by atoms with Crippen molar-refractivity contribution in [3.63, 3.8) is 0 Å². The van der Waals surface area contributed by atoms with Crippen LogP contribution in [0.1, 0.15) is 32.9 Å². The molecule has 0 radical (unpaired) electrons. The molecule has 1 aliphatic heterocycles. The molecule has 1 fully saturated rings. The average Bonchev–Trinajstić information content (AvgIpc) is 2.94. The van der Waals surface area contributed by atoms with Crippen LogP contribution in [0, 0.1) is 22.7 Å². The number of anilines is 1. The lowest BCUT2D eigenvalue weighted by Gasteiger charge is -2.31. The molecule has 2 heterocycles. The maximum absolute atomic E-state index is 12.4. The molecule has 112 valence electrons.